The number of aromatic nitrogens is 1. The van der Waals surface area contributed by atoms with Crippen molar-refractivity contribution in [1.29, 1.82) is 5.26 Å². The van der Waals surface area contributed by atoms with Gasteiger partial charge in [0.15, 0.2) is 5.50 Å². The Morgan fingerprint density at radius 2 is 2.03 bits per heavy atom. The summed E-state index contributed by atoms with van der Waals surface area (Å²) in [5, 5.41) is 17.9. The summed E-state index contributed by atoms with van der Waals surface area (Å²) in [6, 6.07) is 10.2. The number of nitriles is 1. The Labute approximate surface area is 212 Å². The molecular weight excluding hydrogens is 484 g/mol. The van der Waals surface area contributed by atoms with E-state index in [4.69, 9.17) is 11.6 Å². The molecule has 5 nitrogen and oxygen atoms in total. The van der Waals surface area contributed by atoms with E-state index in [0.717, 1.165) is 58.0 Å². The number of hydrogen-bond donors (Lipinski definition) is 2. The fourth-order valence-electron chi connectivity index (χ4n) is 4.67. The summed E-state index contributed by atoms with van der Waals surface area (Å²) in [7, 11) is 0. The number of thioether (sulfide) groups is 1. The summed E-state index contributed by atoms with van der Waals surface area (Å²) >= 11 is 9.34. The first-order valence-corrected chi connectivity index (χ1v) is 13.4. The van der Waals surface area contributed by atoms with E-state index in [1.165, 1.54) is 28.6 Å². The van der Waals surface area contributed by atoms with Gasteiger partial charge >= 0.3 is 0 Å². The largest absolute Gasteiger partial charge is 0.356 e. The van der Waals surface area contributed by atoms with Crippen LogP contribution in [-0.2, 0) is 17.6 Å². The summed E-state index contributed by atoms with van der Waals surface area (Å²) < 4.78 is 2.18. The lowest BCUT2D eigenvalue weighted by Crippen LogP contribution is -2.31. The zero-order chi connectivity index (χ0) is 24.0. The highest BCUT2D eigenvalue weighted by Gasteiger charge is 2.29. The minimum absolute atomic E-state index is 0.101. The summed E-state index contributed by atoms with van der Waals surface area (Å²) in [6.45, 7) is 6.12. The predicted octanol–water partition coefficient (Wildman–Crippen LogP) is 6.47. The van der Waals surface area contributed by atoms with Crippen molar-refractivity contribution in [2.45, 2.75) is 52.0 Å². The molecule has 0 radical (unpaired) electrons. The third-order valence-corrected chi connectivity index (χ3v) is 8.98. The van der Waals surface area contributed by atoms with Crippen molar-refractivity contribution in [3.8, 4) is 11.1 Å². The topological polar surface area (TPSA) is 69.8 Å². The van der Waals surface area contributed by atoms with Gasteiger partial charge in [0.25, 0.3) is 5.91 Å². The zero-order valence-corrected chi connectivity index (χ0v) is 21.7. The minimum Gasteiger partial charge on any atom is -0.356 e. The number of carbonyl (C=O) groups excluding carboxylic acids is 1. The van der Waals surface area contributed by atoms with Crippen molar-refractivity contribution in [3.05, 3.63) is 72.7 Å². The number of nitrogens with zero attached hydrogens (tertiary/aromatic N) is 2. The van der Waals surface area contributed by atoms with Crippen molar-refractivity contribution in [1.82, 2.24) is 9.88 Å². The van der Waals surface area contributed by atoms with Crippen molar-refractivity contribution in [2.24, 2.45) is 0 Å². The minimum atomic E-state index is -0.270. The molecule has 1 aromatic carbocycles. The number of halogens is 1. The van der Waals surface area contributed by atoms with E-state index in [2.05, 4.69) is 41.2 Å². The van der Waals surface area contributed by atoms with Gasteiger partial charge in [-0.1, -0.05) is 29.4 Å². The van der Waals surface area contributed by atoms with Crippen LogP contribution in [0.2, 0.25) is 5.02 Å². The molecule has 1 amide bonds. The average molecular weight is 509 g/mol. The first kappa shape index (κ1) is 23.1. The molecule has 3 aromatic rings. The molecule has 174 valence electrons. The van der Waals surface area contributed by atoms with E-state index in [-0.39, 0.29) is 11.4 Å². The van der Waals surface area contributed by atoms with Crippen LogP contribution in [0.4, 0.5) is 5.69 Å². The highest BCUT2D eigenvalue weighted by molar-refractivity contribution is 8.05. The van der Waals surface area contributed by atoms with Crippen LogP contribution in [0, 0.1) is 32.1 Å². The maximum Gasteiger partial charge on any atom is 0.260 e. The quantitative estimate of drug-likeness (QED) is 0.396. The second-order valence-corrected chi connectivity index (χ2v) is 11.4. The molecule has 2 aromatic heterocycles. The van der Waals surface area contributed by atoms with Crippen LogP contribution in [0.3, 0.4) is 0 Å². The molecule has 1 atom stereocenters. The van der Waals surface area contributed by atoms with Gasteiger partial charge in [0.2, 0.25) is 0 Å². The molecule has 2 aliphatic rings. The summed E-state index contributed by atoms with van der Waals surface area (Å²) in [5.74, 6) is -0.101. The fourth-order valence-corrected chi connectivity index (χ4v) is 7.26. The predicted molar refractivity (Wildman–Crippen MR) is 142 cm³/mol. The van der Waals surface area contributed by atoms with Crippen LogP contribution in [-0.4, -0.2) is 16.0 Å². The van der Waals surface area contributed by atoms with Crippen molar-refractivity contribution in [2.75, 3.05) is 5.32 Å². The molecule has 1 aliphatic heterocycles. The smallest absolute Gasteiger partial charge is 0.260 e. The van der Waals surface area contributed by atoms with Gasteiger partial charge in [-0.05, 0) is 87.4 Å². The first-order valence-electron chi connectivity index (χ1n) is 11.3. The number of nitrogens with one attached hydrogen (secondary N) is 2. The highest BCUT2D eigenvalue weighted by atomic mass is 35.5. The Bertz CT molecular complexity index is 1380. The summed E-state index contributed by atoms with van der Waals surface area (Å²) in [6.07, 6.45) is 6.33. The van der Waals surface area contributed by atoms with Gasteiger partial charge in [-0.3, -0.25) is 4.79 Å². The van der Waals surface area contributed by atoms with Crippen molar-refractivity contribution >= 4 is 52.4 Å². The summed E-state index contributed by atoms with van der Waals surface area (Å²) in [4.78, 5) is 14.7. The molecule has 0 saturated carbocycles. The van der Waals surface area contributed by atoms with Crippen LogP contribution in [0.1, 0.15) is 51.4 Å². The maximum absolute atomic E-state index is 12.7. The van der Waals surface area contributed by atoms with Gasteiger partial charge in [0.05, 0.1) is 10.5 Å². The second kappa shape index (κ2) is 9.18. The van der Waals surface area contributed by atoms with Crippen molar-refractivity contribution in [3.63, 3.8) is 0 Å². The molecule has 1 fully saturated rings. The van der Waals surface area contributed by atoms with E-state index in [1.54, 1.807) is 11.3 Å². The molecule has 5 rings (SSSR count). The van der Waals surface area contributed by atoms with Crippen LogP contribution >= 0.6 is 34.7 Å². The van der Waals surface area contributed by atoms with Gasteiger partial charge in [0, 0.05) is 27.0 Å². The third kappa shape index (κ3) is 4.15. The molecule has 34 heavy (non-hydrogen) atoms. The number of amides is 1. The number of carbonyl (C=O) groups is 1. The normalized spacial score (nSPS) is 18.6. The van der Waals surface area contributed by atoms with Gasteiger partial charge in [-0.15, -0.1) is 11.3 Å². The number of thiophene rings is 1. The Morgan fingerprint density at radius 1 is 1.24 bits per heavy atom. The lowest BCUT2D eigenvalue weighted by Gasteiger charge is -2.15. The van der Waals surface area contributed by atoms with E-state index >= 15 is 0 Å². The fraction of sp³-hybridized carbons (Fsp3) is 0.308. The summed E-state index contributed by atoms with van der Waals surface area (Å²) in [5.41, 5.74) is 6.83. The van der Waals surface area contributed by atoms with Crippen LogP contribution in [0.5, 0.6) is 0 Å². The maximum atomic E-state index is 12.7. The average Bonchev–Trinajstić information content (AvgIpc) is 3.43. The van der Waals surface area contributed by atoms with Crippen LogP contribution in [0.15, 0.2) is 29.2 Å². The van der Waals surface area contributed by atoms with Gasteiger partial charge in [0.1, 0.15) is 11.1 Å². The molecule has 1 saturated heterocycles. The van der Waals surface area contributed by atoms with Gasteiger partial charge in [-0.25, -0.2) is 0 Å². The first-order chi connectivity index (χ1) is 16.4. The Hall–Kier alpha value is -2.66. The number of anilines is 1. The number of fused-ring (bicyclic) bond motifs is 1. The van der Waals surface area contributed by atoms with Crippen molar-refractivity contribution < 1.29 is 4.79 Å². The standard InChI is InChI=1S/C26H25ClN4OS2/c1-14-8-9-18(27)12-21(14)29-26-30-24(32)23(34-26)11-17-10-15(2)31(16(17)3)25-20(13-28)19-6-4-5-7-22(19)33-25/h8-12,26,29H,4-7H2,1-3H3,(H,30,32)/b23-11-. The third-order valence-electron chi connectivity index (χ3n) is 6.44. The Kier molecular flexibility index (Phi) is 6.24. The molecular formula is C26H25ClN4OS2. The number of hydrogen-bond acceptors (Lipinski definition) is 5. The van der Waals surface area contributed by atoms with E-state index in [9.17, 15) is 10.1 Å². The van der Waals surface area contributed by atoms with Gasteiger partial charge in [-0.2, -0.15) is 5.26 Å². The van der Waals surface area contributed by atoms with Crippen LogP contribution < -0.4 is 10.6 Å². The number of aryl methyl sites for hydroxylation is 3. The number of rotatable bonds is 4. The highest BCUT2D eigenvalue weighted by Crippen LogP contribution is 2.39. The second-order valence-electron chi connectivity index (χ2n) is 8.75. The molecule has 2 N–H and O–H groups in total. The monoisotopic (exact) mass is 508 g/mol. The lowest BCUT2D eigenvalue weighted by atomic mass is 9.96. The van der Waals surface area contributed by atoms with Gasteiger partial charge < -0.3 is 15.2 Å². The van der Waals surface area contributed by atoms with E-state index < -0.39 is 0 Å². The molecule has 3 heterocycles. The Morgan fingerprint density at radius 3 is 2.82 bits per heavy atom. The molecule has 0 bridgehead atoms. The number of benzene rings is 1. The van der Waals surface area contributed by atoms with Crippen LogP contribution in [0.25, 0.3) is 11.1 Å². The molecule has 1 aliphatic carbocycles. The molecule has 1 unspecified atom stereocenters. The zero-order valence-electron chi connectivity index (χ0n) is 19.3. The lowest BCUT2D eigenvalue weighted by molar-refractivity contribution is -0.116. The SMILES string of the molecule is Cc1ccc(Cl)cc1NC1NC(=O)/C(=C/c2cc(C)n(-c3sc4c(c3C#N)CCCC4)c2C)S1. The Balaban J connectivity index is 1.44. The molecule has 8 heteroatoms. The van der Waals surface area contributed by atoms with E-state index in [1.807, 2.05) is 31.2 Å². The molecule has 0 spiro atoms. The van der Waals surface area contributed by atoms with E-state index in [0.29, 0.717) is 9.93 Å².